The third kappa shape index (κ3) is 3.96. The molecule has 1 amide bonds. The van der Waals surface area contributed by atoms with Gasteiger partial charge < -0.3 is 14.6 Å². The summed E-state index contributed by atoms with van der Waals surface area (Å²) in [6, 6.07) is 18.3. The number of nitrogens with one attached hydrogen (secondary N) is 1. The van der Waals surface area contributed by atoms with E-state index >= 15 is 0 Å². The largest absolute Gasteiger partial charge is 0.379 e. The molecule has 1 aliphatic heterocycles. The molecule has 28 heavy (non-hydrogen) atoms. The molecule has 1 aliphatic rings. The van der Waals surface area contributed by atoms with Crippen LogP contribution in [0.2, 0.25) is 0 Å². The van der Waals surface area contributed by atoms with Crippen LogP contribution in [0.1, 0.15) is 28.9 Å². The maximum Gasteiger partial charge on any atom is 0.253 e. The molecule has 1 atom stereocenters. The lowest BCUT2D eigenvalue weighted by Crippen LogP contribution is -2.43. The summed E-state index contributed by atoms with van der Waals surface area (Å²) in [6.45, 7) is 7.01. The van der Waals surface area contributed by atoms with Gasteiger partial charge in [-0.15, -0.1) is 0 Å². The molecular formula is C23H27N3O2. The topological polar surface area (TPSA) is 46.5 Å². The van der Waals surface area contributed by atoms with Gasteiger partial charge in [0, 0.05) is 43.3 Å². The summed E-state index contributed by atoms with van der Waals surface area (Å²) in [6.07, 6.45) is 1.97. The van der Waals surface area contributed by atoms with Crippen molar-refractivity contribution < 1.29 is 9.53 Å². The quantitative estimate of drug-likeness (QED) is 0.716. The van der Waals surface area contributed by atoms with E-state index in [-0.39, 0.29) is 11.9 Å². The second kappa shape index (κ2) is 8.59. The molecule has 0 unspecified atom stereocenters. The average Bonchev–Trinajstić information content (AvgIpc) is 3.14. The first-order valence-corrected chi connectivity index (χ1v) is 10.00. The van der Waals surface area contributed by atoms with E-state index < -0.39 is 0 Å². The molecule has 0 aliphatic carbocycles. The van der Waals surface area contributed by atoms with Crippen LogP contribution < -0.4 is 5.32 Å². The predicted molar refractivity (Wildman–Crippen MR) is 112 cm³/mol. The third-order valence-electron chi connectivity index (χ3n) is 5.43. The summed E-state index contributed by atoms with van der Waals surface area (Å²) in [5.41, 5.74) is 2.96. The fraction of sp³-hybridized carbons (Fsp3) is 0.348. The van der Waals surface area contributed by atoms with Gasteiger partial charge in [-0.3, -0.25) is 9.69 Å². The van der Waals surface area contributed by atoms with Crippen molar-refractivity contribution in [3.8, 4) is 0 Å². The van der Waals surface area contributed by atoms with Gasteiger partial charge >= 0.3 is 0 Å². The van der Waals surface area contributed by atoms with Gasteiger partial charge in [0.25, 0.3) is 5.91 Å². The first-order valence-electron chi connectivity index (χ1n) is 10.00. The highest BCUT2D eigenvalue weighted by atomic mass is 16.5. The van der Waals surface area contributed by atoms with Gasteiger partial charge in [-0.2, -0.15) is 0 Å². The maximum absolute atomic E-state index is 13.2. The fourth-order valence-electron chi connectivity index (χ4n) is 3.89. The minimum atomic E-state index is -0.0597. The Hall–Kier alpha value is -2.63. The van der Waals surface area contributed by atoms with Gasteiger partial charge in [0.1, 0.15) is 0 Å². The lowest BCUT2D eigenvalue weighted by Gasteiger charge is -2.31. The van der Waals surface area contributed by atoms with E-state index in [4.69, 9.17) is 4.74 Å². The summed E-state index contributed by atoms with van der Waals surface area (Å²) >= 11 is 0. The Bertz CT molecular complexity index is 929. The molecule has 0 radical (unpaired) electrons. The van der Waals surface area contributed by atoms with Crippen molar-refractivity contribution in [1.82, 2.24) is 14.8 Å². The van der Waals surface area contributed by atoms with Crippen LogP contribution in [0, 0.1) is 0 Å². The summed E-state index contributed by atoms with van der Waals surface area (Å²) in [5, 5.41) is 4.29. The number of amides is 1. The number of hydrogen-bond acceptors (Lipinski definition) is 3. The predicted octanol–water partition coefficient (Wildman–Crippen LogP) is 3.46. The van der Waals surface area contributed by atoms with Crippen LogP contribution in [0.15, 0.2) is 60.8 Å². The van der Waals surface area contributed by atoms with Crippen molar-refractivity contribution in [2.75, 3.05) is 32.8 Å². The van der Waals surface area contributed by atoms with Crippen molar-refractivity contribution in [1.29, 1.82) is 0 Å². The van der Waals surface area contributed by atoms with Gasteiger partial charge in [-0.05, 0) is 18.6 Å². The average molecular weight is 377 g/mol. The second-order valence-electron chi connectivity index (χ2n) is 7.20. The van der Waals surface area contributed by atoms with Crippen LogP contribution in [0.3, 0.4) is 0 Å². The summed E-state index contributed by atoms with van der Waals surface area (Å²) in [4.78, 5) is 15.6. The zero-order valence-corrected chi connectivity index (χ0v) is 16.3. The fourth-order valence-corrected chi connectivity index (χ4v) is 3.89. The lowest BCUT2D eigenvalue weighted by atomic mass is 10.0. The zero-order valence-electron chi connectivity index (χ0n) is 16.3. The molecule has 146 valence electrons. The van der Waals surface area contributed by atoms with Crippen molar-refractivity contribution in [3.05, 3.63) is 71.9 Å². The smallest absolute Gasteiger partial charge is 0.253 e. The van der Waals surface area contributed by atoms with Crippen LogP contribution in [-0.4, -0.2) is 48.2 Å². The zero-order chi connectivity index (χ0) is 19.3. The number of carbonyl (C=O) groups is 1. The van der Waals surface area contributed by atoms with Gasteiger partial charge in [-0.25, -0.2) is 0 Å². The van der Waals surface area contributed by atoms with Crippen LogP contribution in [-0.2, 0) is 11.3 Å². The number of aryl methyl sites for hydroxylation is 1. The SMILES string of the molecule is CCn1cc(C(=O)N[C@H](CN2CCOCC2)c2ccccc2)c2ccccc21. The van der Waals surface area contributed by atoms with Crippen molar-refractivity contribution >= 4 is 16.8 Å². The van der Waals surface area contributed by atoms with E-state index in [9.17, 15) is 4.79 Å². The van der Waals surface area contributed by atoms with Gasteiger partial charge in [0.15, 0.2) is 0 Å². The van der Waals surface area contributed by atoms with Crippen LogP contribution in [0.4, 0.5) is 0 Å². The highest BCUT2D eigenvalue weighted by Gasteiger charge is 2.22. The molecule has 1 saturated heterocycles. The summed E-state index contributed by atoms with van der Waals surface area (Å²) < 4.78 is 7.60. The molecule has 1 N–H and O–H groups in total. The minimum absolute atomic E-state index is 0.0227. The molecule has 3 aromatic rings. The highest BCUT2D eigenvalue weighted by molar-refractivity contribution is 6.07. The molecule has 0 saturated carbocycles. The summed E-state index contributed by atoms with van der Waals surface area (Å²) in [5.74, 6) is -0.0227. The Morgan fingerprint density at radius 3 is 2.54 bits per heavy atom. The molecule has 1 fully saturated rings. The van der Waals surface area contributed by atoms with Gasteiger partial charge in [0.2, 0.25) is 0 Å². The normalized spacial score (nSPS) is 16.2. The molecule has 5 nitrogen and oxygen atoms in total. The first-order chi connectivity index (χ1) is 13.8. The number of fused-ring (bicyclic) bond motifs is 1. The van der Waals surface area contributed by atoms with E-state index in [2.05, 4.69) is 39.9 Å². The second-order valence-corrected chi connectivity index (χ2v) is 7.20. The van der Waals surface area contributed by atoms with Crippen molar-refractivity contribution in [3.63, 3.8) is 0 Å². The Morgan fingerprint density at radius 1 is 1.07 bits per heavy atom. The number of hydrogen-bond donors (Lipinski definition) is 1. The number of ether oxygens (including phenoxy) is 1. The lowest BCUT2D eigenvalue weighted by molar-refractivity contribution is 0.0332. The molecule has 2 aromatic carbocycles. The number of morpholine rings is 1. The Labute approximate surface area is 165 Å². The highest BCUT2D eigenvalue weighted by Crippen LogP contribution is 2.23. The Kier molecular flexibility index (Phi) is 5.74. The van der Waals surface area contributed by atoms with Crippen molar-refractivity contribution in [2.45, 2.75) is 19.5 Å². The van der Waals surface area contributed by atoms with Gasteiger partial charge in [0.05, 0.1) is 24.8 Å². The minimum Gasteiger partial charge on any atom is -0.379 e. The molecule has 1 aromatic heterocycles. The van der Waals surface area contributed by atoms with E-state index in [0.717, 1.165) is 61.4 Å². The molecule has 2 heterocycles. The number of para-hydroxylation sites is 1. The Morgan fingerprint density at radius 2 is 1.79 bits per heavy atom. The molecular weight excluding hydrogens is 350 g/mol. The summed E-state index contributed by atoms with van der Waals surface area (Å²) in [7, 11) is 0. The van der Waals surface area contributed by atoms with Crippen LogP contribution >= 0.6 is 0 Å². The monoisotopic (exact) mass is 377 g/mol. The standard InChI is InChI=1S/C23H27N3O2/c1-2-26-16-20(19-10-6-7-11-22(19)26)23(27)24-21(18-8-4-3-5-9-18)17-25-12-14-28-15-13-25/h3-11,16,21H,2,12-15,17H2,1H3,(H,24,27)/t21-/m1/s1. The molecule has 5 heteroatoms. The number of carbonyl (C=O) groups excluding carboxylic acids is 1. The number of rotatable bonds is 6. The van der Waals surface area contributed by atoms with Crippen LogP contribution in [0.25, 0.3) is 10.9 Å². The first kappa shape index (κ1) is 18.7. The van der Waals surface area contributed by atoms with Gasteiger partial charge in [-0.1, -0.05) is 48.5 Å². The van der Waals surface area contributed by atoms with E-state index in [1.54, 1.807) is 0 Å². The maximum atomic E-state index is 13.2. The van der Waals surface area contributed by atoms with Crippen molar-refractivity contribution in [2.24, 2.45) is 0 Å². The molecule has 0 spiro atoms. The van der Waals surface area contributed by atoms with E-state index in [1.165, 1.54) is 0 Å². The van der Waals surface area contributed by atoms with Crippen LogP contribution in [0.5, 0.6) is 0 Å². The van der Waals surface area contributed by atoms with E-state index in [0.29, 0.717) is 0 Å². The Balaban J connectivity index is 1.60. The molecule has 4 rings (SSSR count). The van der Waals surface area contributed by atoms with E-state index in [1.807, 2.05) is 42.6 Å². The number of aromatic nitrogens is 1. The molecule has 0 bridgehead atoms. The number of benzene rings is 2. The number of nitrogens with zero attached hydrogens (tertiary/aromatic N) is 2. The third-order valence-corrected chi connectivity index (χ3v) is 5.43.